The molecule has 3 N–H and O–H groups in total. The number of carbonyl (C=O) groups is 2. The topological polar surface area (TPSA) is 154 Å². The first-order chi connectivity index (χ1) is 12.2. The van der Waals surface area contributed by atoms with Crippen LogP contribution in [-0.4, -0.2) is 45.6 Å². The summed E-state index contributed by atoms with van der Waals surface area (Å²) >= 11 is 0. The molecule has 1 aromatic carbocycles. The minimum atomic E-state index is -3.78. The van der Waals surface area contributed by atoms with E-state index in [1.54, 1.807) is 19.1 Å². The molecule has 0 radical (unpaired) electrons. The largest absolute Gasteiger partial charge is 0.570 e. The van der Waals surface area contributed by atoms with Gasteiger partial charge in [-0.2, -0.15) is 4.91 Å². The first kappa shape index (κ1) is 19.9. The van der Waals surface area contributed by atoms with Crippen molar-refractivity contribution in [2.45, 2.75) is 25.7 Å². The van der Waals surface area contributed by atoms with Crippen molar-refractivity contribution in [1.29, 1.82) is 0 Å². The summed E-state index contributed by atoms with van der Waals surface area (Å²) < 4.78 is 32.3. The molecule has 0 fully saturated rings. The number of amides is 1. The van der Waals surface area contributed by atoms with E-state index in [0.717, 1.165) is 0 Å². The van der Waals surface area contributed by atoms with Gasteiger partial charge in [-0.3, -0.25) is 4.79 Å². The number of nitrogens with two attached hydrogens (primary N) is 1. The quantitative estimate of drug-likeness (QED) is 0.374. The lowest BCUT2D eigenvalue weighted by Crippen LogP contribution is -2.52. The van der Waals surface area contributed by atoms with Crippen LogP contribution in [0.3, 0.4) is 0 Å². The van der Waals surface area contributed by atoms with Gasteiger partial charge in [0, 0.05) is 6.42 Å². The Labute approximate surface area is 150 Å². The van der Waals surface area contributed by atoms with Crippen LogP contribution in [0.1, 0.15) is 29.3 Å². The Hall–Kier alpha value is -2.47. The van der Waals surface area contributed by atoms with Gasteiger partial charge in [-0.25, -0.2) is 18.4 Å². The van der Waals surface area contributed by atoms with Gasteiger partial charge in [-0.05, 0) is 25.0 Å². The lowest BCUT2D eigenvalue weighted by molar-refractivity contribution is -0.121. The number of sulfonamides is 1. The Morgan fingerprint density at radius 3 is 2.81 bits per heavy atom. The lowest BCUT2D eigenvalue weighted by atomic mass is 9.68. The number of carbonyl (C=O) groups excluding carboxylic acids is 2. The van der Waals surface area contributed by atoms with E-state index in [-0.39, 0.29) is 30.8 Å². The Bertz CT molecular complexity index is 815. The van der Waals surface area contributed by atoms with Gasteiger partial charge in [0.2, 0.25) is 15.9 Å². The highest BCUT2D eigenvalue weighted by atomic mass is 32.2. The van der Waals surface area contributed by atoms with Crippen LogP contribution >= 0.6 is 0 Å². The summed E-state index contributed by atoms with van der Waals surface area (Å²) in [5.74, 6) is -2.33. The van der Waals surface area contributed by atoms with Gasteiger partial charge in [-0.15, -0.1) is 0 Å². The summed E-state index contributed by atoms with van der Waals surface area (Å²) in [6, 6.07) is 4.81. The number of para-hydroxylation sites is 1. The molecule has 1 heterocycles. The van der Waals surface area contributed by atoms with Crippen LogP contribution in [0.15, 0.2) is 23.3 Å². The highest BCUT2D eigenvalue weighted by Gasteiger charge is 2.40. The summed E-state index contributed by atoms with van der Waals surface area (Å²) in [7, 11) is -5.04. The van der Waals surface area contributed by atoms with Crippen molar-refractivity contribution >= 4 is 29.0 Å². The van der Waals surface area contributed by atoms with Crippen LogP contribution in [0.25, 0.3) is 0 Å². The number of rotatable bonds is 7. The van der Waals surface area contributed by atoms with Crippen LogP contribution in [-0.2, 0) is 26.0 Å². The second-order valence-electron chi connectivity index (χ2n) is 5.62. The number of hydrogen-bond acceptors (Lipinski definition) is 8. The van der Waals surface area contributed by atoms with E-state index in [0.29, 0.717) is 5.56 Å². The minimum absolute atomic E-state index is 0.164. The van der Waals surface area contributed by atoms with E-state index in [2.05, 4.69) is 10.4 Å². The fourth-order valence-corrected chi connectivity index (χ4v) is 3.00. The zero-order valence-electron chi connectivity index (χ0n) is 14.0. The first-order valence-corrected chi connectivity index (χ1v) is 9.54. The normalized spacial score (nSPS) is 16.2. The second kappa shape index (κ2) is 8.28. The molecule has 0 saturated heterocycles. The molecule has 0 saturated carbocycles. The first-order valence-electron chi connectivity index (χ1n) is 7.83. The molecule has 1 aliphatic heterocycles. The zero-order chi connectivity index (χ0) is 19.3. The predicted octanol–water partition coefficient (Wildman–Crippen LogP) is -0.245. The summed E-state index contributed by atoms with van der Waals surface area (Å²) in [5, 5.41) is 10.2. The molecule has 0 aliphatic carbocycles. The van der Waals surface area contributed by atoms with Crippen molar-refractivity contribution in [2.24, 2.45) is 10.2 Å². The molecular formula is C14H18BN3O7S. The predicted molar refractivity (Wildman–Crippen MR) is 92.8 cm³/mol. The molecule has 0 unspecified atom stereocenters. The van der Waals surface area contributed by atoms with E-state index in [9.17, 15) is 22.9 Å². The van der Waals surface area contributed by atoms with Gasteiger partial charge < -0.3 is 14.7 Å². The summed E-state index contributed by atoms with van der Waals surface area (Å²) in [5.41, 5.74) is 0.754. The van der Waals surface area contributed by atoms with Gasteiger partial charge in [0.1, 0.15) is 11.3 Å². The van der Waals surface area contributed by atoms with Crippen molar-refractivity contribution < 1.29 is 27.4 Å². The number of benzene rings is 1. The molecule has 26 heavy (non-hydrogen) atoms. The molecule has 2 rings (SSSR count). The van der Waals surface area contributed by atoms with E-state index in [4.69, 9.17) is 14.5 Å². The lowest BCUT2D eigenvalue weighted by Gasteiger charge is -2.28. The fraction of sp³-hybridized carbons (Fsp3) is 0.429. The van der Waals surface area contributed by atoms with E-state index in [1.165, 1.54) is 6.07 Å². The van der Waals surface area contributed by atoms with E-state index >= 15 is 0 Å². The van der Waals surface area contributed by atoms with Crippen LogP contribution in [0, 0.1) is 4.91 Å². The number of esters is 1. The third-order valence-electron chi connectivity index (χ3n) is 3.68. The van der Waals surface area contributed by atoms with Gasteiger partial charge in [0.25, 0.3) is 0 Å². The molecule has 10 nitrogen and oxygen atoms in total. The maximum absolute atomic E-state index is 12.0. The standard InChI is InChI=1S/C14H18BN3O7S/c1-2-24-14(20)10-5-3-4-9-8-11(15(18-21)25-13(9)10)17-12(19)6-7-26(16,22)23/h3-5,11H,2,6-8H2,1H3,(H,17,19)(H2,16,22,23)/t11-/m0/s1. The molecule has 0 bridgehead atoms. The summed E-state index contributed by atoms with van der Waals surface area (Å²) in [6.07, 6.45) is -0.170. The summed E-state index contributed by atoms with van der Waals surface area (Å²) in [4.78, 5) is 35.0. The molecule has 12 heteroatoms. The van der Waals surface area contributed by atoms with E-state index in [1.807, 2.05) is 0 Å². The molecule has 140 valence electrons. The molecule has 1 atom stereocenters. The Morgan fingerprint density at radius 1 is 1.46 bits per heavy atom. The number of nitrogens with zero attached hydrogens (tertiary/aromatic N) is 1. The average Bonchev–Trinajstić information content (AvgIpc) is 2.58. The zero-order valence-corrected chi connectivity index (χ0v) is 14.8. The SMILES string of the molecule is CCOC(=O)c1cccc2c1OB(N=O)[C@@H](NC(=O)CCS(N)(=O)=O)C2. The molecule has 1 amide bonds. The van der Waals surface area contributed by atoms with Crippen LogP contribution < -0.4 is 15.1 Å². The number of nitroso groups, excluding NO2 is 1. The third-order valence-corrected chi connectivity index (χ3v) is 4.45. The van der Waals surface area contributed by atoms with Crippen LogP contribution in [0.4, 0.5) is 0 Å². The van der Waals surface area contributed by atoms with Crippen molar-refractivity contribution in [2.75, 3.05) is 12.4 Å². The van der Waals surface area contributed by atoms with Gasteiger partial charge >= 0.3 is 13.0 Å². The van der Waals surface area contributed by atoms with Crippen molar-refractivity contribution in [3.05, 3.63) is 34.2 Å². The van der Waals surface area contributed by atoms with Gasteiger partial charge in [0.15, 0.2) is 0 Å². The number of nitrogens with one attached hydrogen (secondary N) is 1. The molecule has 1 aromatic rings. The van der Waals surface area contributed by atoms with Crippen molar-refractivity contribution in [3.63, 3.8) is 0 Å². The van der Waals surface area contributed by atoms with Gasteiger partial charge in [0.05, 0.1) is 18.3 Å². The molecule has 0 spiro atoms. The Balaban J connectivity index is 2.17. The van der Waals surface area contributed by atoms with Crippen LogP contribution in [0.5, 0.6) is 5.75 Å². The fourth-order valence-electron chi connectivity index (χ4n) is 2.53. The number of fused-ring (bicyclic) bond motifs is 1. The highest BCUT2D eigenvalue weighted by molar-refractivity contribution is 7.89. The maximum atomic E-state index is 12.0. The Morgan fingerprint density at radius 2 is 2.19 bits per heavy atom. The molecule has 1 aliphatic rings. The second-order valence-corrected chi connectivity index (χ2v) is 7.36. The van der Waals surface area contributed by atoms with Crippen molar-refractivity contribution in [1.82, 2.24) is 5.32 Å². The highest BCUT2D eigenvalue weighted by Crippen LogP contribution is 2.31. The van der Waals surface area contributed by atoms with Gasteiger partial charge in [-0.1, -0.05) is 17.2 Å². The Kier molecular flexibility index (Phi) is 6.32. The van der Waals surface area contributed by atoms with Crippen molar-refractivity contribution in [3.8, 4) is 5.75 Å². The average molecular weight is 383 g/mol. The number of hydrogen-bond donors (Lipinski definition) is 2. The van der Waals surface area contributed by atoms with Crippen LogP contribution in [0.2, 0.25) is 0 Å². The van der Waals surface area contributed by atoms with E-state index < -0.39 is 40.6 Å². The molecular weight excluding hydrogens is 365 g/mol. The summed E-state index contributed by atoms with van der Waals surface area (Å²) in [6.45, 7) is 1.84. The molecule has 0 aromatic heterocycles. The third kappa shape index (κ3) is 5.02. The minimum Gasteiger partial charge on any atom is -0.536 e. The monoisotopic (exact) mass is 383 g/mol. The number of ether oxygens (including phenoxy) is 1. The smallest absolute Gasteiger partial charge is 0.536 e. The maximum Gasteiger partial charge on any atom is 0.570 e. The number of primary sulfonamides is 1.